The first-order chi connectivity index (χ1) is 40.5. The van der Waals surface area contributed by atoms with Gasteiger partial charge in [-0.15, -0.1) is 0 Å². The lowest BCUT2D eigenvalue weighted by Crippen LogP contribution is -2.59. The molecule has 3 saturated heterocycles. The summed E-state index contributed by atoms with van der Waals surface area (Å²) in [5.74, 6) is -0.893. The second-order valence-corrected chi connectivity index (χ2v) is 19.4. The Labute approximate surface area is 487 Å². The van der Waals surface area contributed by atoms with Crippen LogP contribution < -0.4 is 21.3 Å². The molecule has 0 radical (unpaired) electrons. The number of rotatable bonds is 49. The van der Waals surface area contributed by atoms with E-state index in [4.69, 9.17) is 71.1 Å². The third-order valence-corrected chi connectivity index (χ3v) is 13.0. The molecule has 0 spiro atoms. The van der Waals surface area contributed by atoms with Gasteiger partial charge in [0.05, 0.1) is 164 Å². The van der Waals surface area contributed by atoms with Crippen molar-refractivity contribution in [1.29, 1.82) is 0 Å². The maximum atomic E-state index is 12.6. The molecule has 34 heteroatoms. The number of amides is 3. The molecule has 494 valence electrons. The Kier molecular flexibility index (Phi) is 40.2. The van der Waals surface area contributed by atoms with Crippen LogP contribution in [0.4, 0.5) is 0 Å². The summed E-state index contributed by atoms with van der Waals surface area (Å²) in [7, 11) is 1.66. The van der Waals surface area contributed by atoms with Gasteiger partial charge < -0.3 is 154 Å². The van der Waals surface area contributed by atoms with Gasteiger partial charge in [0.2, 0.25) is 17.7 Å². The van der Waals surface area contributed by atoms with Gasteiger partial charge in [0.15, 0.2) is 18.9 Å². The number of hydrogen-bond acceptors (Lipinski definition) is 31. The minimum absolute atomic E-state index is 0.0137. The maximum absolute atomic E-state index is 12.6. The van der Waals surface area contributed by atoms with E-state index in [9.17, 15) is 75.7 Å². The van der Waals surface area contributed by atoms with Gasteiger partial charge in [0, 0.05) is 38.9 Å². The third kappa shape index (κ3) is 29.1. The molecule has 9 unspecified atom stereocenters. The minimum atomic E-state index is -1.55. The molecular weight excluding hydrogens is 1140 g/mol. The van der Waals surface area contributed by atoms with Crippen LogP contribution in [0.5, 0.6) is 0 Å². The minimum Gasteiger partial charge on any atom is -0.394 e. The van der Waals surface area contributed by atoms with E-state index >= 15 is 0 Å². The Hall–Kier alpha value is -2.71. The number of aliphatic hydroxyl groups is 12. The van der Waals surface area contributed by atoms with Crippen LogP contribution in [0.1, 0.15) is 19.3 Å². The highest BCUT2D eigenvalue weighted by Gasteiger charge is 2.46. The summed E-state index contributed by atoms with van der Waals surface area (Å²) >= 11 is 0. The molecule has 0 saturated carbocycles. The highest BCUT2D eigenvalue weighted by Crippen LogP contribution is 2.24. The van der Waals surface area contributed by atoms with Crippen molar-refractivity contribution in [2.45, 2.75) is 117 Å². The van der Waals surface area contributed by atoms with E-state index < -0.39 is 117 Å². The van der Waals surface area contributed by atoms with E-state index in [0.717, 1.165) is 0 Å². The number of carbonyl (C=O) groups excluding carboxylic acids is 3. The fourth-order valence-electron chi connectivity index (χ4n) is 7.94. The van der Waals surface area contributed by atoms with Crippen LogP contribution in [-0.4, -0.2) is 362 Å². The maximum Gasteiger partial charge on any atom is 0.222 e. The normalized spacial score (nSPS) is 28.9. The number of ether oxygens (including phenoxy) is 15. The summed E-state index contributed by atoms with van der Waals surface area (Å²) in [5.41, 5.74) is -0.963. The molecule has 0 aromatic rings. The summed E-state index contributed by atoms with van der Waals surface area (Å²) in [6.07, 6.45) is -20.7. The fraction of sp³-hybridized carbons (Fsp3) is 0.940. The largest absolute Gasteiger partial charge is 0.394 e. The highest BCUT2D eigenvalue weighted by atomic mass is 16.7. The lowest BCUT2D eigenvalue weighted by Gasteiger charge is -2.39. The van der Waals surface area contributed by atoms with Crippen LogP contribution in [0.15, 0.2) is 0 Å². The molecule has 0 aliphatic carbocycles. The fourth-order valence-corrected chi connectivity index (χ4v) is 7.94. The molecule has 3 rings (SSSR count). The van der Waals surface area contributed by atoms with Crippen LogP contribution in [0, 0.1) is 0 Å². The van der Waals surface area contributed by atoms with Crippen LogP contribution in [0.25, 0.3) is 0 Å². The number of likely N-dealkylation sites (N-methyl/N-ethyl adjacent to an activating group) is 1. The molecule has 3 fully saturated rings. The lowest BCUT2D eigenvalue weighted by atomic mass is 9.99. The van der Waals surface area contributed by atoms with Crippen molar-refractivity contribution in [2.75, 3.05) is 185 Å². The quantitative estimate of drug-likeness (QED) is 0.0252. The number of hydrogen-bond donors (Lipinski definition) is 16. The molecule has 34 nitrogen and oxygen atoms in total. The van der Waals surface area contributed by atoms with Gasteiger partial charge in [0.25, 0.3) is 0 Å². The number of aliphatic hydroxyl groups excluding tert-OH is 12. The van der Waals surface area contributed by atoms with E-state index in [2.05, 4.69) is 21.3 Å². The first-order valence-corrected chi connectivity index (χ1v) is 28.0. The van der Waals surface area contributed by atoms with Gasteiger partial charge in [-0.05, 0) is 7.05 Å². The topological polar surface area (TPSA) is 481 Å². The second-order valence-electron chi connectivity index (χ2n) is 19.4. The van der Waals surface area contributed by atoms with Gasteiger partial charge in [-0.25, -0.2) is 0 Å². The molecular formula is C50H94N4O30. The molecule has 3 aliphatic rings. The van der Waals surface area contributed by atoms with Crippen molar-refractivity contribution in [3.8, 4) is 0 Å². The summed E-state index contributed by atoms with van der Waals surface area (Å²) in [6.45, 7) is 1.05. The van der Waals surface area contributed by atoms with Gasteiger partial charge in [0.1, 0.15) is 73.2 Å². The lowest BCUT2D eigenvalue weighted by molar-refractivity contribution is -0.302. The van der Waals surface area contributed by atoms with Crippen LogP contribution >= 0.6 is 0 Å². The first-order valence-electron chi connectivity index (χ1n) is 28.0. The Morgan fingerprint density at radius 3 is 0.845 bits per heavy atom. The SMILES string of the molecule is CNC(COCCC(=O)NCCOCCOCCO[C@H]1OC(CO)[C@@H](O)C(O)C1O)(COCCC(=O)NCCOCCOCCO[C@H]1OC(CO)[C@@H](O)C(O)C1O)COCCC(=O)NCCOCCOCCO[C@H]1OC(CO)[C@@H](O)C(O)C1O. The Morgan fingerprint density at radius 2 is 0.595 bits per heavy atom. The molecule has 0 aromatic carbocycles. The first kappa shape index (κ1) is 75.5. The predicted octanol–water partition coefficient (Wildman–Crippen LogP) is -9.94. The zero-order chi connectivity index (χ0) is 61.5. The van der Waals surface area contributed by atoms with Crippen molar-refractivity contribution in [3.05, 3.63) is 0 Å². The van der Waals surface area contributed by atoms with E-state index in [-0.39, 0.29) is 195 Å². The second kappa shape index (κ2) is 44.7. The predicted molar refractivity (Wildman–Crippen MR) is 281 cm³/mol. The van der Waals surface area contributed by atoms with Crippen LogP contribution in [0.3, 0.4) is 0 Å². The van der Waals surface area contributed by atoms with Crippen molar-refractivity contribution in [3.63, 3.8) is 0 Å². The summed E-state index contributed by atoms with van der Waals surface area (Å²) in [4.78, 5) is 37.7. The van der Waals surface area contributed by atoms with Gasteiger partial charge >= 0.3 is 0 Å². The van der Waals surface area contributed by atoms with Gasteiger partial charge in [-0.3, -0.25) is 14.4 Å². The standard InChI is InChI=1S/C50H94N4O30/c1-51-50(29-76-8-2-35(58)52-5-11-70-14-17-73-20-23-79-47-44(67)41(64)38(61)32(26-55)82-47,30-77-9-3-36(59)53-6-12-71-15-18-74-21-24-80-48-45(68)42(65)39(62)33(27-56)83-48)31-78-10-4-37(60)54-7-13-72-16-19-75-22-25-81-49-46(69)43(66)40(63)34(28-57)84-49/h32-34,38-49,51,55-57,61-69H,2-31H2,1H3,(H,52,58)(H,53,59)(H,54,60)/t32?,33?,34?,38-,39-,40-,41?,42?,43?,44?,45?,46?,47+,48+,49+,50?/m1/s1. The molecule has 15 atom stereocenters. The third-order valence-electron chi connectivity index (χ3n) is 13.0. The monoisotopic (exact) mass is 1230 g/mol. The molecule has 84 heavy (non-hydrogen) atoms. The Bertz CT molecular complexity index is 1520. The average molecular weight is 1230 g/mol. The van der Waals surface area contributed by atoms with E-state index in [1.807, 2.05) is 0 Å². The highest BCUT2D eigenvalue weighted by molar-refractivity contribution is 5.76. The van der Waals surface area contributed by atoms with Gasteiger partial charge in [-0.1, -0.05) is 0 Å². The zero-order valence-electron chi connectivity index (χ0n) is 47.6. The van der Waals surface area contributed by atoms with Crippen LogP contribution in [0.2, 0.25) is 0 Å². The van der Waals surface area contributed by atoms with E-state index in [1.54, 1.807) is 7.05 Å². The smallest absolute Gasteiger partial charge is 0.222 e. The summed E-state index contributed by atoms with van der Waals surface area (Å²) in [5, 5.41) is 129. The van der Waals surface area contributed by atoms with Crippen molar-refractivity contribution < 1.29 is 147 Å². The van der Waals surface area contributed by atoms with E-state index in [0.29, 0.717) is 0 Å². The number of nitrogens with one attached hydrogen (secondary N) is 4. The molecule has 16 N–H and O–H groups in total. The van der Waals surface area contributed by atoms with Crippen molar-refractivity contribution in [2.24, 2.45) is 0 Å². The Balaban J connectivity index is 1.29. The molecule has 3 heterocycles. The zero-order valence-corrected chi connectivity index (χ0v) is 47.6. The summed E-state index contributed by atoms with van der Waals surface area (Å²) in [6, 6.07) is 0. The van der Waals surface area contributed by atoms with E-state index in [1.165, 1.54) is 0 Å². The Morgan fingerprint density at radius 1 is 0.345 bits per heavy atom. The average Bonchev–Trinajstić information content (AvgIpc) is 3.51. The van der Waals surface area contributed by atoms with Crippen molar-refractivity contribution in [1.82, 2.24) is 21.3 Å². The molecule has 0 bridgehead atoms. The van der Waals surface area contributed by atoms with Crippen molar-refractivity contribution >= 4 is 17.7 Å². The molecule has 0 aromatic heterocycles. The molecule has 3 aliphatic heterocycles. The molecule has 3 amide bonds. The summed E-state index contributed by atoms with van der Waals surface area (Å²) < 4.78 is 82.3. The number of carbonyl (C=O) groups is 3. The van der Waals surface area contributed by atoms with Gasteiger partial charge in [-0.2, -0.15) is 0 Å². The van der Waals surface area contributed by atoms with Crippen LogP contribution in [-0.2, 0) is 85.4 Å².